The van der Waals surface area contributed by atoms with E-state index < -0.39 is 85.4 Å². The standard InChI is InChI=1S/C25H26ClFN6O7S.C16H16FN3O3S.C9H11BrClN3O4.C7H10ClN3O3.C2H3BrO2.I3.I2.HI/c1-13-28-10-20(33(38)39)31(13)11-15(9-26)40-21(34)12-29-3-5-30(6-4-29)19-8-18-16(7-17(19)27)23(35)22(25(36)37)24-32(18)14(2)41-24;1-8-20-11-7-12(19-4-2-18-3-5-19)10(17)6-9(11)14(21)13(16(22)23)15(20)24-8;1-6-12-4-8(14(16)17)13(6)5-7(3-11)18-9(15)2-10;1-5-9-3-7(11(13)14)10(5)4-6(12)2-8;3-1-2(4)5;1-3-2;1-2;/h7-8,10,14-15H,3-6,9,11-12H2,1-2H3,(H,36,37);6-8,18H,2-5H2,1H3,(H,22,23);4,7H,2-3,5H2,1H3;3,6,12H,2,4H2,1H3;1H2,(H,4,5);;;1H/q;;;;;-1;;. The molecule has 2 aromatic carbocycles. The maximum atomic E-state index is 15.2. The molecular weight excluding hydrogens is 2350 g/mol. The number of carbonyl (C=O) groups excluding carboxylic acids is 2. The number of anilines is 2. The molecule has 2 fully saturated rings. The molecule has 4 aliphatic rings. The van der Waals surface area contributed by atoms with Gasteiger partial charge in [-0.15, -0.1) is 58.8 Å². The summed E-state index contributed by atoms with van der Waals surface area (Å²) in [6, 6.07) is 5.56. The minimum absolute atomic E-state index is 0. The number of nitrogens with one attached hydrogen (secondary N) is 1. The third-order valence-electron chi connectivity index (χ3n) is 15.9. The van der Waals surface area contributed by atoms with E-state index in [1.165, 1.54) is 43.3 Å². The number of aliphatic hydroxyl groups excluding tert-OH is 1. The number of benzene rings is 2. The Bertz CT molecular complexity index is 4510. The average Bonchev–Trinajstić information content (AvgIpc) is 0.869. The van der Waals surface area contributed by atoms with E-state index >= 15 is 4.39 Å². The number of fused-ring (bicyclic) bond motifs is 6. The molecule has 0 saturated carbocycles. The van der Waals surface area contributed by atoms with Crippen LogP contribution < -0.4 is 39.2 Å². The molecule has 0 amide bonds. The maximum absolute atomic E-state index is 15.2. The van der Waals surface area contributed by atoms with Crippen molar-refractivity contribution >= 4 is 269 Å². The first-order valence-corrected chi connectivity index (χ1v) is 55.3. The van der Waals surface area contributed by atoms with Crippen molar-refractivity contribution in [1.82, 2.24) is 48.0 Å². The maximum Gasteiger partial charge on any atom is 0.314 e. The number of hydrogen-bond donors (Lipinski definition) is 5. The summed E-state index contributed by atoms with van der Waals surface area (Å²) in [6.45, 7) is 13.4. The van der Waals surface area contributed by atoms with Gasteiger partial charge in [0.1, 0.15) is 77.8 Å². The number of piperazine rings is 2. The van der Waals surface area contributed by atoms with Crippen LogP contribution in [0.4, 0.5) is 37.6 Å². The first-order chi connectivity index (χ1) is 50.7. The van der Waals surface area contributed by atoms with Crippen molar-refractivity contribution in [3.63, 3.8) is 0 Å². The summed E-state index contributed by atoms with van der Waals surface area (Å²) >= 11 is 34.9. The molecule has 5 unspecified atom stereocenters. The molecule has 0 bridgehead atoms. The number of esters is 2. The Morgan fingerprint density at radius 2 is 0.991 bits per heavy atom. The van der Waals surface area contributed by atoms with Gasteiger partial charge >= 0.3 is 97.8 Å². The van der Waals surface area contributed by atoms with Gasteiger partial charge in [0.25, 0.3) is 0 Å². The Labute approximate surface area is 723 Å². The van der Waals surface area contributed by atoms with Crippen molar-refractivity contribution in [2.75, 3.05) is 97.0 Å². The van der Waals surface area contributed by atoms with Crippen LogP contribution in [-0.4, -0.2) is 213 Å². The SMILES string of the molecule is CC1Sc2c(C(=O)O)c(=O)c3cc(F)c(N4CCNCC4)cc3n21.Cc1ncc([N+](=O)[O-])n1CC(CCl)OC(=O)CBr.Cc1ncc([N+](=O)[O-])n1CC(CCl)OC(=O)CN1CCN(c2cc3c(cc2F)c(=O)c(C(=O)O)c2n3C(C)S2)CC1.Cc1ncc([N+](=O)[O-])n1CC(O)CCl.I.II.I[I-]I.O=C(O)CBr. The number of alkyl halides is 5. The van der Waals surface area contributed by atoms with Crippen molar-refractivity contribution in [3.8, 4) is 0 Å². The van der Waals surface area contributed by atoms with Gasteiger partial charge in [-0.05, 0) is 52.9 Å². The molecule has 0 spiro atoms. The third kappa shape index (κ3) is 25.4. The molecule has 108 heavy (non-hydrogen) atoms. The Balaban J connectivity index is 0.000000313. The van der Waals surface area contributed by atoms with Crippen LogP contribution in [0.5, 0.6) is 0 Å². The van der Waals surface area contributed by atoms with Crippen LogP contribution in [0, 0.1) is 62.7 Å². The molecule has 596 valence electrons. The minimum Gasteiger partial charge on any atom is -0.481 e. The number of aromatic carboxylic acids is 2. The van der Waals surface area contributed by atoms with Gasteiger partial charge in [0.15, 0.2) is 29.7 Å². The van der Waals surface area contributed by atoms with E-state index in [4.69, 9.17) is 49.4 Å². The van der Waals surface area contributed by atoms with Crippen LogP contribution in [0.1, 0.15) is 62.8 Å². The zero-order valence-corrected chi connectivity index (χ0v) is 77.1. The van der Waals surface area contributed by atoms with Crippen LogP contribution in [-0.2, 0) is 43.5 Å². The molecule has 49 heteroatoms. The molecule has 4 aliphatic heterocycles. The van der Waals surface area contributed by atoms with Gasteiger partial charge in [0, 0.05) is 121 Å². The van der Waals surface area contributed by atoms with Crippen molar-refractivity contribution in [2.24, 2.45) is 0 Å². The fourth-order valence-corrected chi connectivity index (χ4v) is 13.9. The first kappa shape index (κ1) is 96.7. The van der Waals surface area contributed by atoms with Crippen LogP contribution in [0.3, 0.4) is 0 Å². The number of aliphatic carboxylic acids is 1. The van der Waals surface area contributed by atoms with Crippen LogP contribution in [0.2, 0.25) is 0 Å². The van der Waals surface area contributed by atoms with Crippen LogP contribution in [0.15, 0.2) is 62.5 Å². The Kier molecular flexibility index (Phi) is 41.7. The number of carboxylic acid groups (broad SMARTS) is 3. The largest absolute Gasteiger partial charge is 0.481 e. The molecule has 5 aromatic heterocycles. The Morgan fingerprint density at radius 1 is 0.639 bits per heavy atom. The monoisotopic (exact) mass is 2420 g/mol. The summed E-state index contributed by atoms with van der Waals surface area (Å²) in [6.07, 6.45) is 1.22. The van der Waals surface area contributed by atoms with Crippen LogP contribution >= 0.6 is 189 Å². The predicted molar refractivity (Wildman–Crippen MR) is 451 cm³/mol. The first-order valence-electron chi connectivity index (χ1n) is 30.9. The Hall–Kier alpha value is -3.71. The van der Waals surface area contributed by atoms with Gasteiger partial charge in [-0.3, -0.25) is 28.9 Å². The van der Waals surface area contributed by atoms with Gasteiger partial charge in [-0.1, -0.05) is 55.4 Å². The van der Waals surface area contributed by atoms with Gasteiger partial charge in [-0.25, -0.2) is 47.0 Å². The van der Waals surface area contributed by atoms with E-state index in [-0.39, 0.29) is 129 Å². The number of hydrogen-bond acceptors (Lipinski definition) is 25. The van der Waals surface area contributed by atoms with E-state index in [0.29, 0.717) is 102 Å². The minimum atomic E-state index is -1.34. The third-order valence-corrected chi connectivity index (χ3v) is 20.2. The van der Waals surface area contributed by atoms with E-state index in [2.05, 4.69) is 127 Å². The number of halogens is 13. The summed E-state index contributed by atoms with van der Waals surface area (Å²) in [5.41, 5.74) is -0.104. The van der Waals surface area contributed by atoms with E-state index in [9.17, 15) is 83.6 Å². The molecule has 11 rings (SSSR count). The molecular formula is C59H67Br2Cl3F2I6N15O19S2-. The van der Waals surface area contributed by atoms with Gasteiger partial charge in [0.05, 0.1) is 67.4 Å². The number of aryl methyl sites for hydroxylation is 3. The molecule has 5 atom stereocenters. The number of nitro groups is 3. The second-order valence-corrected chi connectivity index (χ2v) is 43.5. The molecule has 9 heterocycles. The van der Waals surface area contributed by atoms with E-state index in [0.717, 1.165) is 37.7 Å². The number of aliphatic hydroxyl groups is 1. The molecule has 0 radical (unpaired) electrons. The quantitative estimate of drug-likeness (QED) is 0.0139. The molecule has 7 aromatic rings. The second-order valence-electron chi connectivity index (χ2n) is 22.6. The fourth-order valence-electron chi connectivity index (χ4n) is 11.0. The zero-order valence-electron chi connectivity index (χ0n) is 56.9. The smallest absolute Gasteiger partial charge is 0.314 e. The zero-order chi connectivity index (χ0) is 80.0. The van der Waals surface area contributed by atoms with Crippen molar-refractivity contribution in [1.29, 1.82) is 0 Å². The van der Waals surface area contributed by atoms with Gasteiger partial charge < -0.3 is 84.5 Å². The summed E-state index contributed by atoms with van der Waals surface area (Å²) in [5, 5.41) is 72.5. The summed E-state index contributed by atoms with van der Waals surface area (Å²) in [5.74, 6) is -4.70. The number of imidazole rings is 3. The molecule has 5 N–H and O–H groups in total. The average molecular weight is 2420 g/mol. The van der Waals surface area contributed by atoms with Gasteiger partial charge in [0.2, 0.25) is 10.9 Å². The second kappa shape index (κ2) is 46.6. The van der Waals surface area contributed by atoms with Crippen molar-refractivity contribution in [2.45, 2.75) is 93.4 Å². The number of carbonyl (C=O) groups is 5. The number of aromatic nitrogens is 8. The van der Waals surface area contributed by atoms with E-state index in [1.54, 1.807) is 37.5 Å². The van der Waals surface area contributed by atoms with Gasteiger partial charge in [-0.2, -0.15) is 0 Å². The van der Waals surface area contributed by atoms with Crippen LogP contribution in [0.25, 0.3) is 21.8 Å². The van der Waals surface area contributed by atoms with Crippen molar-refractivity contribution in [3.05, 3.63) is 134 Å². The number of rotatable bonds is 22. The Morgan fingerprint density at radius 3 is 1.31 bits per heavy atom. The predicted octanol–water partition coefficient (Wildman–Crippen LogP) is 8.70. The summed E-state index contributed by atoms with van der Waals surface area (Å²) in [4.78, 5) is 130. The van der Waals surface area contributed by atoms with E-state index in [1.807, 2.05) is 33.1 Å². The molecule has 34 nitrogen and oxygen atoms in total. The topological polar surface area (TPSA) is 433 Å². The van der Waals surface area contributed by atoms with Crippen molar-refractivity contribution < 1.29 is 90.7 Å². The summed E-state index contributed by atoms with van der Waals surface area (Å²) < 4.78 is 47.9. The molecule has 2 saturated heterocycles. The number of nitrogens with zero attached hydrogens (tertiary/aromatic N) is 14. The molecule has 0 aliphatic carbocycles. The number of carboxylic acids is 3. The number of ether oxygens (including phenoxy) is 2. The summed E-state index contributed by atoms with van der Waals surface area (Å²) in [7, 11) is 0. The fraction of sp³-hybridized carbons (Fsp3) is 0.458. The number of thioether (sulfide) groups is 2. The normalized spacial score (nSPS) is 15.4. The number of pyridine rings is 2.